The lowest BCUT2D eigenvalue weighted by Crippen LogP contribution is -2.55. The fraction of sp³-hybridized carbons (Fsp3) is 1.00. The summed E-state index contributed by atoms with van der Waals surface area (Å²) in [6, 6.07) is 0.875. The summed E-state index contributed by atoms with van der Waals surface area (Å²) in [5, 5.41) is 0. The molecule has 2 unspecified atom stereocenters. The van der Waals surface area contributed by atoms with Crippen LogP contribution < -0.4 is 5.73 Å². The summed E-state index contributed by atoms with van der Waals surface area (Å²) in [7, 11) is 2.28. The van der Waals surface area contributed by atoms with Crippen LogP contribution in [0.25, 0.3) is 0 Å². The molecule has 0 aromatic heterocycles. The van der Waals surface area contributed by atoms with Gasteiger partial charge >= 0.3 is 0 Å². The van der Waals surface area contributed by atoms with Gasteiger partial charge in [-0.1, -0.05) is 0 Å². The highest BCUT2D eigenvalue weighted by atomic mass is 16.5. The van der Waals surface area contributed by atoms with Gasteiger partial charge in [0.15, 0.2) is 0 Å². The van der Waals surface area contributed by atoms with Gasteiger partial charge in [0.25, 0.3) is 0 Å². The van der Waals surface area contributed by atoms with Crippen molar-refractivity contribution in [3.8, 4) is 0 Å². The van der Waals surface area contributed by atoms with Gasteiger partial charge < -0.3 is 10.5 Å². The van der Waals surface area contributed by atoms with Gasteiger partial charge in [0.1, 0.15) is 0 Å². The predicted molar refractivity (Wildman–Crippen MR) is 77.2 cm³/mol. The molecule has 3 aliphatic rings. The Morgan fingerprint density at radius 3 is 2.84 bits per heavy atom. The van der Waals surface area contributed by atoms with Crippen molar-refractivity contribution in [2.75, 3.05) is 46.4 Å². The number of rotatable bonds is 5. The fourth-order valence-corrected chi connectivity index (χ4v) is 3.81. The lowest BCUT2D eigenvalue weighted by atomic mass is 9.93. The molecule has 3 fully saturated rings. The molecular weight excluding hydrogens is 238 g/mol. The minimum Gasteiger partial charge on any atom is -0.381 e. The van der Waals surface area contributed by atoms with Crippen LogP contribution in [0.1, 0.15) is 32.1 Å². The molecule has 2 aliphatic heterocycles. The molecule has 2 saturated heterocycles. The number of ether oxygens (including phenoxy) is 1. The number of likely N-dealkylation sites (N-methyl/N-ethyl adjacent to an activating group) is 1. The Bertz CT molecular complexity index is 302. The van der Waals surface area contributed by atoms with Crippen molar-refractivity contribution < 1.29 is 4.74 Å². The molecule has 2 heterocycles. The van der Waals surface area contributed by atoms with Gasteiger partial charge in [-0.25, -0.2) is 0 Å². The van der Waals surface area contributed by atoms with E-state index in [9.17, 15) is 0 Å². The normalized spacial score (nSPS) is 37.1. The van der Waals surface area contributed by atoms with Crippen molar-refractivity contribution in [2.45, 2.75) is 43.7 Å². The summed E-state index contributed by atoms with van der Waals surface area (Å²) in [5.41, 5.74) is 6.38. The Hall–Kier alpha value is -0.160. The Balaban J connectivity index is 1.57. The Labute approximate surface area is 117 Å². The van der Waals surface area contributed by atoms with E-state index in [1.807, 2.05) is 0 Å². The van der Waals surface area contributed by atoms with Crippen LogP contribution in [0.5, 0.6) is 0 Å². The second kappa shape index (κ2) is 5.68. The van der Waals surface area contributed by atoms with Crippen molar-refractivity contribution >= 4 is 0 Å². The molecule has 2 N–H and O–H groups in total. The molecule has 0 spiro atoms. The second-order valence-corrected chi connectivity index (χ2v) is 6.84. The molecule has 19 heavy (non-hydrogen) atoms. The zero-order valence-corrected chi connectivity index (χ0v) is 12.3. The third kappa shape index (κ3) is 2.97. The standard InChI is InChI=1S/C15H29N3O/c1-17(9-13-3-2-8-19-10-13)15(11-16)6-7-18(12-15)14-4-5-14/h13-14H,2-12,16H2,1H3. The first-order chi connectivity index (χ1) is 9.23. The first-order valence-electron chi connectivity index (χ1n) is 7.97. The molecule has 2 atom stereocenters. The van der Waals surface area contributed by atoms with E-state index in [4.69, 9.17) is 10.5 Å². The smallest absolute Gasteiger partial charge is 0.0506 e. The van der Waals surface area contributed by atoms with Gasteiger partial charge in [0.2, 0.25) is 0 Å². The first kappa shape index (κ1) is 13.8. The van der Waals surface area contributed by atoms with Gasteiger partial charge in [-0.3, -0.25) is 9.80 Å². The second-order valence-electron chi connectivity index (χ2n) is 6.84. The molecule has 0 bridgehead atoms. The van der Waals surface area contributed by atoms with Gasteiger partial charge in [-0.05, 0) is 45.1 Å². The van der Waals surface area contributed by atoms with Gasteiger partial charge in [-0.15, -0.1) is 0 Å². The van der Waals surface area contributed by atoms with E-state index in [2.05, 4.69) is 16.8 Å². The fourth-order valence-electron chi connectivity index (χ4n) is 3.81. The van der Waals surface area contributed by atoms with E-state index in [0.717, 1.165) is 32.3 Å². The minimum atomic E-state index is 0.222. The Morgan fingerprint density at radius 2 is 2.21 bits per heavy atom. The van der Waals surface area contributed by atoms with Crippen LogP contribution in [0, 0.1) is 5.92 Å². The third-order valence-corrected chi connectivity index (χ3v) is 5.40. The van der Waals surface area contributed by atoms with E-state index < -0.39 is 0 Å². The van der Waals surface area contributed by atoms with E-state index in [0.29, 0.717) is 5.92 Å². The minimum absolute atomic E-state index is 0.222. The Morgan fingerprint density at radius 1 is 1.37 bits per heavy atom. The topological polar surface area (TPSA) is 41.7 Å². The van der Waals surface area contributed by atoms with Crippen LogP contribution in [-0.4, -0.2) is 67.8 Å². The molecule has 4 heteroatoms. The maximum absolute atomic E-state index is 6.16. The number of nitrogens with zero attached hydrogens (tertiary/aromatic N) is 2. The van der Waals surface area contributed by atoms with E-state index in [-0.39, 0.29) is 5.54 Å². The molecule has 0 aromatic carbocycles. The van der Waals surface area contributed by atoms with Crippen LogP contribution >= 0.6 is 0 Å². The molecule has 1 saturated carbocycles. The summed E-state index contributed by atoms with van der Waals surface area (Å²) < 4.78 is 5.61. The maximum Gasteiger partial charge on any atom is 0.0506 e. The average Bonchev–Trinajstić information content (AvgIpc) is 3.19. The molecule has 0 radical (unpaired) electrons. The van der Waals surface area contributed by atoms with Crippen molar-refractivity contribution in [3.63, 3.8) is 0 Å². The quantitative estimate of drug-likeness (QED) is 0.804. The highest BCUT2D eigenvalue weighted by Gasteiger charge is 2.45. The van der Waals surface area contributed by atoms with E-state index in [1.165, 1.54) is 45.2 Å². The van der Waals surface area contributed by atoms with Crippen molar-refractivity contribution in [2.24, 2.45) is 11.7 Å². The summed E-state index contributed by atoms with van der Waals surface area (Å²) in [6.07, 6.45) is 6.59. The summed E-state index contributed by atoms with van der Waals surface area (Å²) in [4.78, 5) is 5.22. The molecule has 110 valence electrons. The maximum atomic E-state index is 6.16. The zero-order valence-electron chi connectivity index (χ0n) is 12.3. The molecule has 1 aliphatic carbocycles. The van der Waals surface area contributed by atoms with Gasteiger partial charge in [0, 0.05) is 44.4 Å². The molecular formula is C15H29N3O. The number of hydrogen-bond donors (Lipinski definition) is 1. The SMILES string of the molecule is CN(CC1CCCOC1)C1(CN)CCN(C2CC2)C1. The van der Waals surface area contributed by atoms with Crippen molar-refractivity contribution in [1.29, 1.82) is 0 Å². The lowest BCUT2D eigenvalue weighted by molar-refractivity contribution is 0.0219. The van der Waals surface area contributed by atoms with Crippen LogP contribution in [0.2, 0.25) is 0 Å². The number of likely N-dealkylation sites (tertiary alicyclic amines) is 1. The highest BCUT2D eigenvalue weighted by molar-refractivity contribution is 5.03. The molecule has 0 aromatic rings. The highest BCUT2D eigenvalue weighted by Crippen LogP contribution is 2.35. The lowest BCUT2D eigenvalue weighted by Gasteiger charge is -2.40. The molecule has 4 nitrogen and oxygen atoms in total. The van der Waals surface area contributed by atoms with Crippen LogP contribution in [-0.2, 0) is 4.74 Å². The van der Waals surface area contributed by atoms with E-state index in [1.54, 1.807) is 0 Å². The monoisotopic (exact) mass is 267 g/mol. The molecule has 0 amide bonds. The van der Waals surface area contributed by atoms with Gasteiger partial charge in [-0.2, -0.15) is 0 Å². The molecule has 3 rings (SSSR count). The van der Waals surface area contributed by atoms with Crippen molar-refractivity contribution in [1.82, 2.24) is 9.80 Å². The third-order valence-electron chi connectivity index (χ3n) is 5.40. The van der Waals surface area contributed by atoms with Crippen LogP contribution in [0.4, 0.5) is 0 Å². The van der Waals surface area contributed by atoms with E-state index >= 15 is 0 Å². The van der Waals surface area contributed by atoms with Gasteiger partial charge in [0.05, 0.1) is 6.61 Å². The summed E-state index contributed by atoms with van der Waals surface area (Å²) >= 11 is 0. The number of hydrogen-bond acceptors (Lipinski definition) is 4. The van der Waals surface area contributed by atoms with Crippen molar-refractivity contribution in [3.05, 3.63) is 0 Å². The average molecular weight is 267 g/mol. The summed E-state index contributed by atoms with van der Waals surface area (Å²) in [5.74, 6) is 0.706. The zero-order chi connectivity index (χ0) is 13.3. The van der Waals surface area contributed by atoms with Crippen LogP contribution in [0.3, 0.4) is 0 Å². The first-order valence-corrected chi connectivity index (χ1v) is 7.97. The Kier molecular flexibility index (Phi) is 4.13. The predicted octanol–water partition coefficient (Wildman–Crippen LogP) is 0.910. The number of nitrogens with two attached hydrogens (primary N) is 1. The van der Waals surface area contributed by atoms with Crippen LogP contribution in [0.15, 0.2) is 0 Å². The largest absolute Gasteiger partial charge is 0.381 e. The summed E-state index contributed by atoms with van der Waals surface area (Å²) in [6.45, 7) is 6.26.